The lowest BCUT2D eigenvalue weighted by Crippen LogP contribution is -2.58. The van der Waals surface area contributed by atoms with Gasteiger partial charge in [0.2, 0.25) is 0 Å². The minimum atomic E-state index is 0.421. The summed E-state index contributed by atoms with van der Waals surface area (Å²) in [5.74, 6) is 1.67. The van der Waals surface area contributed by atoms with E-state index in [0.29, 0.717) is 23.1 Å². The molecule has 1 aromatic carbocycles. The second-order valence-electron chi connectivity index (χ2n) is 9.71. The van der Waals surface area contributed by atoms with E-state index in [9.17, 15) is 0 Å². The third kappa shape index (κ3) is 5.36. The summed E-state index contributed by atoms with van der Waals surface area (Å²) >= 11 is 12.8. The maximum absolute atomic E-state index is 6.69. The third-order valence-electron chi connectivity index (χ3n) is 7.76. The molecule has 1 unspecified atom stereocenters. The van der Waals surface area contributed by atoms with Crippen molar-refractivity contribution in [2.75, 3.05) is 37.6 Å². The minimum absolute atomic E-state index is 0.421. The Morgan fingerprint density at radius 1 is 1.06 bits per heavy atom. The van der Waals surface area contributed by atoms with E-state index in [1.807, 2.05) is 30.6 Å². The molecule has 0 saturated carbocycles. The minimum Gasteiger partial charge on any atom is -0.353 e. The van der Waals surface area contributed by atoms with E-state index in [0.717, 1.165) is 61.4 Å². The summed E-state index contributed by atoms with van der Waals surface area (Å²) in [6, 6.07) is 11.8. The molecule has 2 atom stereocenters. The maximum Gasteiger partial charge on any atom is 0.147 e. The number of imidazole rings is 1. The zero-order valence-corrected chi connectivity index (χ0v) is 22.0. The summed E-state index contributed by atoms with van der Waals surface area (Å²) in [6.45, 7) is 9.84. The van der Waals surface area contributed by atoms with Crippen molar-refractivity contribution in [2.24, 2.45) is 0 Å². The predicted octanol–water partition coefficient (Wildman–Crippen LogP) is 5.90. The molecule has 2 aromatic heterocycles. The van der Waals surface area contributed by atoms with Gasteiger partial charge < -0.3 is 9.88 Å². The summed E-state index contributed by atoms with van der Waals surface area (Å²) < 4.78 is 0. The summed E-state index contributed by atoms with van der Waals surface area (Å²) in [4.78, 5) is 19.9. The van der Waals surface area contributed by atoms with Crippen LogP contribution in [0.4, 0.5) is 5.82 Å². The average Bonchev–Trinajstić information content (AvgIpc) is 3.44. The van der Waals surface area contributed by atoms with Crippen LogP contribution in [0.15, 0.2) is 48.9 Å². The zero-order chi connectivity index (χ0) is 24.4. The van der Waals surface area contributed by atoms with Gasteiger partial charge in [-0.25, -0.2) is 9.97 Å². The van der Waals surface area contributed by atoms with Crippen molar-refractivity contribution >= 4 is 29.0 Å². The van der Waals surface area contributed by atoms with Gasteiger partial charge in [-0.05, 0) is 49.9 Å². The summed E-state index contributed by atoms with van der Waals surface area (Å²) in [5.41, 5.74) is 2.25. The quantitative estimate of drug-likeness (QED) is 0.445. The number of piperazine rings is 1. The van der Waals surface area contributed by atoms with Gasteiger partial charge in [-0.3, -0.25) is 9.80 Å². The number of benzene rings is 1. The van der Waals surface area contributed by atoms with E-state index in [1.54, 1.807) is 6.20 Å². The number of anilines is 1. The third-order valence-corrected chi connectivity index (χ3v) is 8.29. The standard InChI is InChI=1S/C27H34Cl2N6/c1-3-23-18-34(27-25(29)16-21(17-32-27)26-30-10-11-31-26)14-15-35(23)24-8-12-33(13-9-24)19(2)20-4-6-22(28)7-5-20/h4-7,10-11,16-17,19,23-24H,3,8-9,12-15,18H2,1-2H3,(H,30,31)/t19?,23-/m0/s1. The van der Waals surface area contributed by atoms with E-state index in [4.69, 9.17) is 28.2 Å². The number of hydrogen-bond acceptors (Lipinski definition) is 5. The smallest absolute Gasteiger partial charge is 0.147 e. The second-order valence-corrected chi connectivity index (χ2v) is 10.6. The molecule has 35 heavy (non-hydrogen) atoms. The Balaban J connectivity index is 1.20. The van der Waals surface area contributed by atoms with Crippen LogP contribution in [0.1, 0.15) is 44.7 Å². The van der Waals surface area contributed by atoms with Crippen LogP contribution < -0.4 is 4.90 Å². The van der Waals surface area contributed by atoms with Gasteiger partial charge in [0.15, 0.2) is 0 Å². The highest BCUT2D eigenvalue weighted by molar-refractivity contribution is 6.33. The first-order valence-corrected chi connectivity index (χ1v) is 13.4. The Morgan fingerprint density at radius 2 is 1.83 bits per heavy atom. The first-order valence-electron chi connectivity index (χ1n) is 12.7. The Kier molecular flexibility index (Phi) is 7.63. The van der Waals surface area contributed by atoms with Gasteiger partial charge in [0.25, 0.3) is 0 Å². The van der Waals surface area contributed by atoms with Crippen LogP contribution in [0.2, 0.25) is 10.0 Å². The molecule has 0 aliphatic carbocycles. The number of aromatic nitrogens is 3. The second kappa shape index (κ2) is 10.9. The molecule has 4 heterocycles. The Bertz CT molecular complexity index is 1100. The number of likely N-dealkylation sites (tertiary alicyclic amines) is 1. The molecular weight excluding hydrogens is 479 g/mol. The normalized spacial score (nSPS) is 21.4. The van der Waals surface area contributed by atoms with Gasteiger partial charge >= 0.3 is 0 Å². The number of nitrogens with one attached hydrogen (secondary N) is 1. The van der Waals surface area contributed by atoms with Gasteiger partial charge in [0, 0.05) is 80.0 Å². The molecule has 2 aliphatic heterocycles. The van der Waals surface area contributed by atoms with E-state index in [-0.39, 0.29) is 0 Å². The first kappa shape index (κ1) is 24.6. The van der Waals surface area contributed by atoms with E-state index in [2.05, 4.69) is 50.6 Å². The highest BCUT2D eigenvalue weighted by Gasteiger charge is 2.34. The molecule has 2 aliphatic rings. The number of rotatable bonds is 6. The van der Waals surface area contributed by atoms with Crippen LogP contribution >= 0.6 is 23.2 Å². The summed E-state index contributed by atoms with van der Waals surface area (Å²) in [7, 11) is 0. The van der Waals surface area contributed by atoms with Gasteiger partial charge in [-0.1, -0.05) is 42.3 Å². The van der Waals surface area contributed by atoms with Crippen molar-refractivity contribution in [3.63, 3.8) is 0 Å². The summed E-state index contributed by atoms with van der Waals surface area (Å²) in [5, 5.41) is 1.49. The monoisotopic (exact) mass is 512 g/mol. The molecule has 0 amide bonds. The van der Waals surface area contributed by atoms with Crippen molar-refractivity contribution < 1.29 is 0 Å². The number of pyridine rings is 1. The number of piperidine rings is 1. The van der Waals surface area contributed by atoms with Crippen LogP contribution in [-0.4, -0.2) is 69.6 Å². The number of aromatic amines is 1. The molecule has 1 N–H and O–H groups in total. The molecule has 186 valence electrons. The largest absolute Gasteiger partial charge is 0.353 e. The Morgan fingerprint density at radius 3 is 2.49 bits per heavy atom. The van der Waals surface area contributed by atoms with Gasteiger partial charge in [0.05, 0.1) is 5.02 Å². The van der Waals surface area contributed by atoms with Crippen LogP contribution in [0.5, 0.6) is 0 Å². The highest BCUT2D eigenvalue weighted by Crippen LogP contribution is 2.32. The Hall–Kier alpha value is -2.12. The molecule has 0 spiro atoms. The van der Waals surface area contributed by atoms with Gasteiger partial charge in [-0.2, -0.15) is 0 Å². The SMILES string of the molecule is CC[C@H]1CN(c2ncc(-c3ncc[nH]3)cc2Cl)CCN1C1CCN(C(C)c2ccc(Cl)cc2)CC1. The van der Waals surface area contributed by atoms with Crippen molar-refractivity contribution in [1.82, 2.24) is 24.8 Å². The van der Waals surface area contributed by atoms with Crippen LogP contribution in [-0.2, 0) is 0 Å². The first-order chi connectivity index (χ1) is 17.0. The molecule has 3 aromatic rings. The highest BCUT2D eigenvalue weighted by atomic mass is 35.5. The maximum atomic E-state index is 6.69. The number of halogens is 2. The molecular formula is C27H34Cl2N6. The van der Waals surface area contributed by atoms with E-state index >= 15 is 0 Å². The van der Waals surface area contributed by atoms with Crippen molar-refractivity contribution in [3.05, 3.63) is 64.5 Å². The fourth-order valence-corrected chi connectivity index (χ4v) is 6.09. The number of hydrogen-bond donors (Lipinski definition) is 1. The van der Waals surface area contributed by atoms with Crippen LogP contribution in [0.25, 0.3) is 11.4 Å². The summed E-state index contributed by atoms with van der Waals surface area (Å²) in [6.07, 6.45) is 8.97. The molecule has 0 radical (unpaired) electrons. The molecule has 2 saturated heterocycles. The predicted molar refractivity (Wildman–Crippen MR) is 144 cm³/mol. The number of nitrogens with zero attached hydrogens (tertiary/aromatic N) is 5. The fourth-order valence-electron chi connectivity index (χ4n) is 5.68. The van der Waals surface area contributed by atoms with Crippen LogP contribution in [0, 0.1) is 0 Å². The molecule has 5 rings (SSSR count). The molecule has 6 nitrogen and oxygen atoms in total. The topological polar surface area (TPSA) is 51.3 Å². The molecule has 0 bridgehead atoms. The fraction of sp³-hybridized carbons (Fsp3) is 0.481. The van der Waals surface area contributed by atoms with Crippen molar-refractivity contribution in [2.45, 2.75) is 51.2 Å². The zero-order valence-electron chi connectivity index (χ0n) is 20.5. The average molecular weight is 514 g/mol. The Labute approximate surface area is 218 Å². The number of H-pyrrole nitrogens is 1. The van der Waals surface area contributed by atoms with E-state index in [1.165, 1.54) is 18.4 Å². The van der Waals surface area contributed by atoms with E-state index < -0.39 is 0 Å². The molecule has 2 fully saturated rings. The van der Waals surface area contributed by atoms with Crippen molar-refractivity contribution in [3.8, 4) is 11.4 Å². The van der Waals surface area contributed by atoms with Crippen molar-refractivity contribution in [1.29, 1.82) is 0 Å². The van der Waals surface area contributed by atoms with Gasteiger partial charge in [-0.15, -0.1) is 0 Å². The van der Waals surface area contributed by atoms with Gasteiger partial charge in [0.1, 0.15) is 11.6 Å². The lowest BCUT2D eigenvalue weighted by atomic mass is 9.96. The van der Waals surface area contributed by atoms with Crippen LogP contribution in [0.3, 0.4) is 0 Å². The lowest BCUT2D eigenvalue weighted by molar-refractivity contribution is 0.0515. The molecule has 8 heteroatoms. The lowest BCUT2D eigenvalue weighted by Gasteiger charge is -2.48.